The van der Waals surface area contributed by atoms with Gasteiger partial charge in [0.1, 0.15) is 0 Å². The Morgan fingerprint density at radius 2 is 1.75 bits per heavy atom. The van der Waals surface area contributed by atoms with Crippen molar-refractivity contribution in [1.82, 2.24) is 0 Å². The Kier molecular flexibility index (Phi) is 13.3. The van der Waals surface area contributed by atoms with Crippen molar-refractivity contribution in [3.63, 3.8) is 0 Å². The second-order valence-electron chi connectivity index (χ2n) is 1.48. The molecule has 0 atom stereocenters. The summed E-state index contributed by atoms with van der Waals surface area (Å²) in [6.45, 7) is 11.4. The van der Waals surface area contributed by atoms with Gasteiger partial charge in [0, 0.05) is 6.42 Å². The van der Waals surface area contributed by atoms with Crippen LogP contribution in [0.2, 0.25) is 0 Å². The largest absolute Gasteiger partial charge is 0.474 e. The molecule has 0 aromatic rings. The maximum Gasteiger partial charge on any atom is 0.310 e. The minimum Gasteiger partial charge on any atom is -0.474 e. The Morgan fingerprint density at radius 3 is 1.83 bits per heavy atom. The summed E-state index contributed by atoms with van der Waals surface area (Å²) in [6, 6.07) is 0. The van der Waals surface area contributed by atoms with E-state index in [1.165, 1.54) is 12.5 Å². The molecular formula is C9H14O3. The third-order valence-electron chi connectivity index (χ3n) is 0.696. The van der Waals surface area contributed by atoms with E-state index in [1.807, 2.05) is 0 Å². The number of hydrogen-bond acceptors (Lipinski definition) is 3. The summed E-state index contributed by atoms with van der Waals surface area (Å²) in [5, 5.41) is 0. The lowest BCUT2D eigenvalue weighted by Crippen LogP contribution is -1.94. The van der Waals surface area contributed by atoms with Gasteiger partial charge in [-0.25, -0.2) is 0 Å². The zero-order valence-electron chi connectivity index (χ0n) is 7.29. The van der Waals surface area contributed by atoms with Gasteiger partial charge in [-0.3, -0.25) is 4.79 Å². The fourth-order valence-corrected chi connectivity index (χ4v) is 0.244. The van der Waals surface area contributed by atoms with E-state index in [9.17, 15) is 4.79 Å². The number of esters is 1. The maximum atomic E-state index is 10.1. The topological polar surface area (TPSA) is 35.5 Å². The maximum absolute atomic E-state index is 10.1. The Morgan fingerprint density at radius 1 is 1.25 bits per heavy atom. The van der Waals surface area contributed by atoms with Crippen LogP contribution in [0.15, 0.2) is 38.5 Å². The fraction of sp³-hybridized carbons (Fsp3) is 0.222. The minimum atomic E-state index is -0.241. The van der Waals surface area contributed by atoms with Gasteiger partial charge in [0.2, 0.25) is 0 Å². The molecular weight excluding hydrogens is 156 g/mol. The molecule has 3 nitrogen and oxygen atoms in total. The molecule has 0 aliphatic rings. The first-order chi connectivity index (χ1) is 5.72. The Bertz CT molecular complexity index is 144. The number of hydrogen-bond donors (Lipinski definition) is 0. The number of carbonyl (C=O) groups is 1. The van der Waals surface area contributed by atoms with Crippen molar-refractivity contribution in [3.8, 4) is 0 Å². The van der Waals surface area contributed by atoms with Gasteiger partial charge in [-0.05, 0) is 0 Å². The highest BCUT2D eigenvalue weighted by Crippen LogP contribution is 1.81. The first-order valence-corrected chi connectivity index (χ1v) is 3.40. The summed E-state index contributed by atoms with van der Waals surface area (Å²) in [6.07, 6.45) is 4.16. The molecule has 0 aromatic heterocycles. The number of carbonyl (C=O) groups excluding carboxylic acids is 1. The lowest BCUT2D eigenvalue weighted by molar-refractivity contribution is -0.137. The predicted octanol–water partition coefficient (Wildman–Crippen LogP) is 2.37. The second-order valence-corrected chi connectivity index (χ2v) is 1.48. The molecule has 0 spiro atoms. The van der Waals surface area contributed by atoms with Crippen LogP contribution < -0.4 is 0 Å². The average molecular weight is 170 g/mol. The van der Waals surface area contributed by atoms with Gasteiger partial charge in [-0.15, -0.1) is 0 Å². The van der Waals surface area contributed by atoms with Gasteiger partial charge in [0.15, 0.2) is 0 Å². The molecule has 0 amide bonds. The van der Waals surface area contributed by atoms with Gasteiger partial charge in [0.25, 0.3) is 0 Å². The standard InChI is InChI=1S/C5H8O2.C4H6O/c1-3-5(6)7-4-2;1-3-5-4-2/h4H,2-3H2,1H3;3-4H,1-2H2. The molecule has 0 unspecified atom stereocenters. The first-order valence-electron chi connectivity index (χ1n) is 3.40. The lowest BCUT2D eigenvalue weighted by atomic mass is 10.5. The van der Waals surface area contributed by atoms with E-state index in [0.717, 1.165) is 6.26 Å². The van der Waals surface area contributed by atoms with E-state index in [0.29, 0.717) is 6.42 Å². The molecule has 0 radical (unpaired) electrons. The van der Waals surface area contributed by atoms with Crippen LogP contribution >= 0.6 is 0 Å². The lowest BCUT2D eigenvalue weighted by Gasteiger charge is -1.88. The van der Waals surface area contributed by atoms with E-state index in [4.69, 9.17) is 0 Å². The van der Waals surface area contributed by atoms with Gasteiger partial charge < -0.3 is 9.47 Å². The smallest absolute Gasteiger partial charge is 0.310 e. The number of ether oxygens (including phenoxy) is 2. The van der Waals surface area contributed by atoms with Crippen molar-refractivity contribution in [2.45, 2.75) is 13.3 Å². The Hall–Kier alpha value is -1.51. The molecule has 0 saturated heterocycles. The summed E-state index contributed by atoms with van der Waals surface area (Å²) in [4.78, 5) is 10.1. The molecule has 0 rings (SSSR count). The molecule has 0 heterocycles. The molecule has 0 aromatic carbocycles. The van der Waals surface area contributed by atoms with Gasteiger partial charge in [-0.2, -0.15) is 0 Å². The Labute approximate surface area is 73.0 Å². The van der Waals surface area contributed by atoms with Crippen LogP contribution in [-0.2, 0) is 14.3 Å². The third kappa shape index (κ3) is 15.8. The SMILES string of the molecule is C=COC(=O)CC.C=COC=C. The van der Waals surface area contributed by atoms with Crippen molar-refractivity contribution < 1.29 is 14.3 Å². The molecule has 0 N–H and O–H groups in total. The summed E-state index contributed by atoms with van der Waals surface area (Å²) >= 11 is 0. The van der Waals surface area contributed by atoms with Crippen molar-refractivity contribution >= 4 is 5.97 Å². The summed E-state index contributed by atoms with van der Waals surface area (Å²) < 4.78 is 8.68. The molecule has 0 fully saturated rings. The molecule has 3 heteroatoms. The van der Waals surface area contributed by atoms with Crippen LogP contribution in [0, 0.1) is 0 Å². The average Bonchev–Trinajstić information content (AvgIpc) is 2.07. The normalized spacial score (nSPS) is 6.75. The van der Waals surface area contributed by atoms with Gasteiger partial charge >= 0.3 is 5.97 Å². The van der Waals surface area contributed by atoms with Gasteiger partial charge in [-0.1, -0.05) is 26.7 Å². The van der Waals surface area contributed by atoms with Crippen molar-refractivity contribution in [2.24, 2.45) is 0 Å². The van der Waals surface area contributed by atoms with Crippen LogP contribution in [-0.4, -0.2) is 5.97 Å². The van der Waals surface area contributed by atoms with Crippen molar-refractivity contribution in [1.29, 1.82) is 0 Å². The fourth-order valence-electron chi connectivity index (χ4n) is 0.244. The van der Waals surface area contributed by atoms with Crippen LogP contribution in [0.1, 0.15) is 13.3 Å². The zero-order valence-corrected chi connectivity index (χ0v) is 7.29. The molecule has 68 valence electrons. The molecule has 12 heavy (non-hydrogen) atoms. The highest BCUT2D eigenvalue weighted by atomic mass is 16.5. The van der Waals surface area contributed by atoms with E-state index in [-0.39, 0.29) is 5.97 Å². The van der Waals surface area contributed by atoms with E-state index in [1.54, 1.807) is 6.92 Å². The number of rotatable bonds is 4. The Balaban J connectivity index is 0. The van der Waals surface area contributed by atoms with Crippen molar-refractivity contribution in [2.75, 3.05) is 0 Å². The molecule has 0 bridgehead atoms. The second kappa shape index (κ2) is 12.2. The van der Waals surface area contributed by atoms with Gasteiger partial charge in [0.05, 0.1) is 18.8 Å². The van der Waals surface area contributed by atoms with E-state index < -0.39 is 0 Å². The highest BCUT2D eigenvalue weighted by molar-refractivity contribution is 5.69. The molecule has 0 saturated carbocycles. The quantitative estimate of drug-likeness (QED) is 0.480. The van der Waals surface area contributed by atoms with Crippen molar-refractivity contribution in [3.05, 3.63) is 38.5 Å². The zero-order chi connectivity index (χ0) is 9.82. The molecule has 0 aliphatic heterocycles. The monoisotopic (exact) mass is 170 g/mol. The minimum absolute atomic E-state index is 0.241. The molecule has 0 aliphatic carbocycles. The summed E-state index contributed by atoms with van der Waals surface area (Å²) in [5.41, 5.74) is 0. The van der Waals surface area contributed by atoms with E-state index >= 15 is 0 Å². The third-order valence-corrected chi connectivity index (χ3v) is 0.696. The highest BCUT2D eigenvalue weighted by Gasteiger charge is 1.89. The first kappa shape index (κ1) is 13.1. The van der Waals surface area contributed by atoms with Crippen LogP contribution in [0.3, 0.4) is 0 Å². The summed E-state index contributed by atoms with van der Waals surface area (Å²) in [5.74, 6) is -0.241. The van der Waals surface area contributed by atoms with Crippen LogP contribution in [0.4, 0.5) is 0 Å². The predicted molar refractivity (Wildman–Crippen MR) is 48.1 cm³/mol. The van der Waals surface area contributed by atoms with Crippen LogP contribution in [0.25, 0.3) is 0 Å². The van der Waals surface area contributed by atoms with E-state index in [2.05, 4.69) is 29.2 Å². The summed E-state index contributed by atoms with van der Waals surface area (Å²) in [7, 11) is 0. The van der Waals surface area contributed by atoms with Crippen LogP contribution in [0.5, 0.6) is 0 Å².